The Labute approximate surface area is 155 Å². The molecular weight excluding hydrogens is 326 g/mol. The molecule has 1 unspecified atom stereocenters. The quantitative estimate of drug-likeness (QED) is 0.674. The zero-order valence-electron chi connectivity index (χ0n) is 16.1. The first-order valence-corrected chi connectivity index (χ1v) is 10.2. The minimum absolute atomic E-state index is 0.153. The van der Waals surface area contributed by atoms with E-state index in [4.69, 9.17) is 0 Å². The van der Waals surface area contributed by atoms with Crippen LogP contribution in [-0.2, 0) is 12.8 Å². The van der Waals surface area contributed by atoms with Crippen molar-refractivity contribution in [2.24, 2.45) is 11.3 Å². The topological polar surface area (TPSA) is 20.3 Å². The van der Waals surface area contributed by atoms with Crippen molar-refractivity contribution < 1.29 is 4.79 Å². The van der Waals surface area contributed by atoms with E-state index in [9.17, 15) is 4.79 Å². The summed E-state index contributed by atoms with van der Waals surface area (Å²) in [4.78, 5) is 16.6. The second-order valence-corrected chi connectivity index (χ2v) is 9.21. The Hall–Kier alpha value is -1.61. The van der Waals surface area contributed by atoms with E-state index in [2.05, 4.69) is 52.1 Å². The monoisotopic (exact) mass is 355 g/mol. The van der Waals surface area contributed by atoms with Crippen molar-refractivity contribution >= 4 is 22.9 Å². The van der Waals surface area contributed by atoms with Crippen LogP contribution in [0.25, 0.3) is 0 Å². The molecule has 1 aliphatic rings. The van der Waals surface area contributed by atoms with Crippen LogP contribution in [0.5, 0.6) is 0 Å². The summed E-state index contributed by atoms with van der Waals surface area (Å²) in [5.41, 5.74) is 4.75. The van der Waals surface area contributed by atoms with Gasteiger partial charge in [0, 0.05) is 22.5 Å². The Kier molecular flexibility index (Phi) is 5.06. The lowest BCUT2D eigenvalue weighted by atomic mass is 9.72. The maximum Gasteiger partial charge on any atom is 0.259 e. The summed E-state index contributed by atoms with van der Waals surface area (Å²) in [6.07, 6.45) is 3.34. The summed E-state index contributed by atoms with van der Waals surface area (Å²) in [7, 11) is 0. The van der Waals surface area contributed by atoms with Gasteiger partial charge in [-0.1, -0.05) is 32.9 Å². The number of thiophene rings is 1. The van der Waals surface area contributed by atoms with Gasteiger partial charge < -0.3 is 4.90 Å². The number of hydrogen-bond donors (Lipinski definition) is 0. The summed E-state index contributed by atoms with van der Waals surface area (Å²) >= 11 is 1.78. The van der Waals surface area contributed by atoms with Crippen LogP contribution in [-0.4, -0.2) is 12.5 Å². The zero-order valence-corrected chi connectivity index (χ0v) is 16.9. The summed E-state index contributed by atoms with van der Waals surface area (Å²) in [6, 6.07) is 8.22. The SMILES string of the molecule is CCN(C(=O)c1csc2c1CCC(C(C)(C)C)C2)c1cccc(C)c1. The highest BCUT2D eigenvalue weighted by Crippen LogP contribution is 2.41. The molecule has 1 aliphatic carbocycles. The Bertz CT molecular complexity index is 769. The molecule has 2 aromatic rings. The van der Waals surface area contributed by atoms with Crippen molar-refractivity contribution in [1.82, 2.24) is 0 Å². The van der Waals surface area contributed by atoms with Gasteiger partial charge in [-0.2, -0.15) is 0 Å². The molecule has 0 saturated carbocycles. The molecule has 0 saturated heterocycles. The predicted octanol–water partition coefficient (Wildman–Crippen LogP) is 5.87. The number of carbonyl (C=O) groups is 1. The molecule has 25 heavy (non-hydrogen) atoms. The van der Waals surface area contributed by atoms with Crippen molar-refractivity contribution in [3.8, 4) is 0 Å². The molecule has 0 radical (unpaired) electrons. The van der Waals surface area contributed by atoms with Crippen molar-refractivity contribution in [2.45, 2.75) is 53.9 Å². The molecule has 0 bridgehead atoms. The normalized spacial score (nSPS) is 17.2. The van der Waals surface area contributed by atoms with Gasteiger partial charge in [0.25, 0.3) is 5.91 Å². The van der Waals surface area contributed by atoms with Crippen molar-refractivity contribution in [1.29, 1.82) is 0 Å². The van der Waals surface area contributed by atoms with Gasteiger partial charge in [0.2, 0.25) is 0 Å². The average Bonchev–Trinajstić information content (AvgIpc) is 2.98. The fourth-order valence-corrected chi connectivity index (χ4v) is 4.97. The molecule has 1 aromatic heterocycles. The third kappa shape index (κ3) is 3.67. The second-order valence-electron chi connectivity index (χ2n) is 8.25. The maximum atomic E-state index is 13.2. The summed E-state index contributed by atoms with van der Waals surface area (Å²) < 4.78 is 0. The summed E-state index contributed by atoms with van der Waals surface area (Å²) in [6.45, 7) is 11.8. The number of nitrogens with zero attached hydrogens (tertiary/aromatic N) is 1. The van der Waals surface area contributed by atoms with Gasteiger partial charge in [-0.25, -0.2) is 0 Å². The molecule has 3 rings (SSSR count). The number of aryl methyl sites for hydroxylation is 1. The van der Waals surface area contributed by atoms with Crippen molar-refractivity contribution in [3.05, 3.63) is 51.2 Å². The number of hydrogen-bond acceptors (Lipinski definition) is 2. The van der Waals surface area contributed by atoms with Crippen LogP contribution >= 0.6 is 11.3 Å². The van der Waals surface area contributed by atoms with Crippen LogP contribution in [0, 0.1) is 18.3 Å². The molecule has 0 aliphatic heterocycles. The number of anilines is 1. The highest BCUT2D eigenvalue weighted by molar-refractivity contribution is 7.10. The largest absolute Gasteiger partial charge is 0.309 e. The van der Waals surface area contributed by atoms with Gasteiger partial charge in [0.05, 0.1) is 5.56 Å². The van der Waals surface area contributed by atoms with E-state index in [0.29, 0.717) is 17.9 Å². The molecular formula is C22H29NOS. The van der Waals surface area contributed by atoms with Gasteiger partial charge >= 0.3 is 0 Å². The summed E-state index contributed by atoms with van der Waals surface area (Å²) in [5.74, 6) is 0.862. The molecule has 1 atom stereocenters. The Morgan fingerprint density at radius 1 is 1.32 bits per heavy atom. The van der Waals surface area contributed by atoms with Crippen LogP contribution in [0.2, 0.25) is 0 Å². The fraction of sp³-hybridized carbons (Fsp3) is 0.500. The molecule has 0 spiro atoms. The van der Waals surface area contributed by atoms with Gasteiger partial charge in [-0.15, -0.1) is 11.3 Å². The predicted molar refractivity (Wildman–Crippen MR) is 108 cm³/mol. The van der Waals surface area contributed by atoms with Crippen LogP contribution < -0.4 is 4.90 Å². The molecule has 134 valence electrons. The van der Waals surface area contributed by atoms with Crippen LogP contribution in [0.4, 0.5) is 5.69 Å². The third-order valence-electron chi connectivity index (χ3n) is 5.49. The van der Waals surface area contributed by atoms with E-state index in [-0.39, 0.29) is 5.91 Å². The molecule has 1 heterocycles. The first kappa shape index (κ1) is 18.2. The van der Waals surface area contributed by atoms with Crippen molar-refractivity contribution in [3.63, 3.8) is 0 Å². The minimum Gasteiger partial charge on any atom is -0.309 e. The zero-order chi connectivity index (χ0) is 18.2. The number of benzene rings is 1. The average molecular weight is 356 g/mol. The van der Waals surface area contributed by atoms with E-state index in [1.54, 1.807) is 11.3 Å². The van der Waals surface area contributed by atoms with Gasteiger partial charge in [0.1, 0.15) is 0 Å². The van der Waals surface area contributed by atoms with Crippen LogP contribution in [0.15, 0.2) is 29.6 Å². The van der Waals surface area contributed by atoms with E-state index >= 15 is 0 Å². The Morgan fingerprint density at radius 2 is 2.08 bits per heavy atom. The first-order valence-electron chi connectivity index (χ1n) is 9.29. The molecule has 1 aromatic carbocycles. The number of rotatable bonds is 3. The minimum atomic E-state index is 0.153. The number of amides is 1. The van der Waals surface area contributed by atoms with Gasteiger partial charge in [-0.05, 0) is 67.7 Å². The molecule has 1 amide bonds. The van der Waals surface area contributed by atoms with E-state index in [1.165, 1.54) is 22.4 Å². The molecule has 3 heteroatoms. The van der Waals surface area contributed by atoms with Gasteiger partial charge in [-0.3, -0.25) is 4.79 Å². The first-order chi connectivity index (χ1) is 11.8. The highest BCUT2D eigenvalue weighted by Gasteiger charge is 2.32. The maximum absolute atomic E-state index is 13.2. The van der Waals surface area contributed by atoms with E-state index in [1.807, 2.05) is 17.0 Å². The van der Waals surface area contributed by atoms with Gasteiger partial charge in [0.15, 0.2) is 0 Å². The van der Waals surface area contributed by atoms with Crippen LogP contribution in [0.3, 0.4) is 0 Å². The molecule has 0 fully saturated rings. The number of fused-ring (bicyclic) bond motifs is 1. The van der Waals surface area contributed by atoms with E-state index < -0.39 is 0 Å². The Morgan fingerprint density at radius 3 is 2.72 bits per heavy atom. The fourth-order valence-electron chi connectivity index (χ4n) is 3.82. The summed E-state index contributed by atoms with van der Waals surface area (Å²) in [5, 5.41) is 2.09. The van der Waals surface area contributed by atoms with Crippen LogP contribution in [0.1, 0.15) is 60.5 Å². The standard InChI is InChI=1S/C22H29NOS/c1-6-23(17-9-7-8-15(2)12-17)21(24)19-14-25-20-13-16(22(3,4)5)10-11-18(19)20/h7-9,12,14,16H,6,10-11,13H2,1-5H3. The van der Waals surface area contributed by atoms with E-state index in [0.717, 1.165) is 24.1 Å². The Balaban J connectivity index is 1.88. The molecule has 0 N–H and O–H groups in total. The lowest BCUT2D eigenvalue weighted by molar-refractivity contribution is 0.0987. The lowest BCUT2D eigenvalue weighted by Gasteiger charge is -2.34. The third-order valence-corrected chi connectivity index (χ3v) is 6.54. The second kappa shape index (κ2) is 6.95. The smallest absolute Gasteiger partial charge is 0.259 e. The molecule has 2 nitrogen and oxygen atoms in total. The van der Waals surface area contributed by atoms with Crippen molar-refractivity contribution in [2.75, 3.05) is 11.4 Å². The highest BCUT2D eigenvalue weighted by atomic mass is 32.1. The lowest BCUT2D eigenvalue weighted by Crippen LogP contribution is -2.32. The number of carbonyl (C=O) groups excluding carboxylic acids is 1.